The summed E-state index contributed by atoms with van der Waals surface area (Å²) < 4.78 is 5.01. The van der Waals surface area contributed by atoms with Crippen LogP contribution < -0.4 is 0 Å². The second kappa shape index (κ2) is 9.74. The third-order valence-electron chi connectivity index (χ3n) is 11.9. The van der Waals surface area contributed by atoms with Gasteiger partial charge in [0.2, 0.25) is 0 Å². The van der Waals surface area contributed by atoms with Crippen LogP contribution in [0.4, 0.5) is 0 Å². The van der Waals surface area contributed by atoms with Gasteiger partial charge >= 0.3 is 5.97 Å². The zero-order valence-corrected chi connectivity index (χ0v) is 25.0. The Bertz CT molecular complexity index is 901. The van der Waals surface area contributed by atoms with Gasteiger partial charge in [-0.25, -0.2) is 0 Å². The molecule has 5 heteroatoms. The van der Waals surface area contributed by atoms with Gasteiger partial charge in [0.1, 0.15) is 0 Å². The molecule has 4 nitrogen and oxygen atoms in total. The van der Waals surface area contributed by atoms with Crippen LogP contribution in [0.2, 0.25) is 0 Å². The van der Waals surface area contributed by atoms with Crippen molar-refractivity contribution in [2.45, 2.75) is 105 Å². The molecule has 4 aliphatic rings. The van der Waals surface area contributed by atoms with E-state index in [2.05, 4.69) is 53.6 Å². The van der Waals surface area contributed by atoms with Crippen molar-refractivity contribution in [2.24, 2.45) is 45.3 Å². The van der Waals surface area contributed by atoms with Gasteiger partial charge in [-0.1, -0.05) is 34.6 Å². The van der Waals surface area contributed by atoms with E-state index in [0.717, 1.165) is 62.7 Å². The van der Waals surface area contributed by atoms with Crippen LogP contribution in [0.1, 0.15) is 98.8 Å². The van der Waals surface area contributed by atoms with Crippen molar-refractivity contribution < 1.29 is 14.3 Å². The molecule has 0 aromatic heterocycles. The Balaban J connectivity index is 1.56. The number of ether oxygens (including phenoxy) is 1. The van der Waals surface area contributed by atoms with Crippen LogP contribution in [0.5, 0.6) is 0 Å². The lowest BCUT2D eigenvalue weighted by Crippen LogP contribution is -2.64. The number of ketones is 1. The molecule has 6 atom stereocenters. The number of allylic oxidation sites excluding steroid dienone is 2. The van der Waals surface area contributed by atoms with Gasteiger partial charge in [0.05, 0.1) is 13.0 Å². The fraction of sp³-hybridized carbons (Fsp3) is 0.871. The maximum absolute atomic E-state index is 13.8. The zero-order chi connectivity index (χ0) is 26.7. The predicted octanol–water partition coefficient (Wildman–Crippen LogP) is 6.94. The minimum absolute atomic E-state index is 0.0330. The second-order valence-electron chi connectivity index (χ2n) is 14.5. The summed E-state index contributed by atoms with van der Waals surface area (Å²) in [6, 6.07) is 0.561. The summed E-state index contributed by atoms with van der Waals surface area (Å²) in [6.45, 7) is 12.2. The quantitative estimate of drug-likeness (QED) is 0.317. The molecule has 3 saturated carbocycles. The molecule has 0 aliphatic heterocycles. The molecule has 0 aromatic carbocycles. The Morgan fingerprint density at radius 1 is 1.00 bits per heavy atom. The fourth-order valence-corrected chi connectivity index (χ4v) is 10.6. The van der Waals surface area contributed by atoms with Crippen molar-refractivity contribution in [2.75, 3.05) is 21.2 Å². The lowest BCUT2D eigenvalue weighted by Gasteiger charge is -2.66. The topological polar surface area (TPSA) is 46.6 Å². The standard InChI is InChI=1S/C31H51NO3S/c1-28(2)24-12-17-30(4)21(11-16-29(3)14-9-20(10-15-29)27(34)35-8)23(36)19-22(33)26(30)31(24,5)18-13-25(28)32(6)7/h19-21,24-26,36H,9-18H2,1-8H3/t20?,21?,24?,25?,26?,29?,30?,31-/m0/s1. The highest BCUT2D eigenvalue weighted by Gasteiger charge is 2.65. The van der Waals surface area contributed by atoms with Crippen molar-refractivity contribution >= 4 is 24.4 Å². The summed E-state index contributed by atoms with van der Waals surface area (Å²) in [6.07, 6.45) is 12.7. The second-order valence-corrected chi connectivity index (χ2v) is 15.1. The van der Waals surface area contributed by atoms with Crippen molar-refractivity contribution in [1.82, 2.24) is 4.90 Å². The molecule has 0 bridgehead atoms. The van der Waals surface area contributed by atoms with Gasteiger partial charge < -0.3 is 9.64 Å². The third-order valence-corrected chi connectivity index (χ3v) is 12.4. The van der Waals surface area contributed by atoms with E-state index >= 15 is 0 Å². The number of esters is 1. The highest BCUT2D eigenvalue weighted by atomic mass is 32.1. The van der Waals surface area contributed by atoms with Crippen LogP contribution in [-0.2, 0) is 14.3 Å². The number of thiol groups is 1. The first-order valence-electron chi connectivity index (χ1n) is 14.4. The molecule has 5 unspecified atom stereocenters. The number of fused-ring (bicyclic) bond motifs is 3. The minimum atomic E-state index is -0.0457. The number of carbonyl (C=O) groups excluding carboxylic acids is 2. The third kappa shape index (κ3) is 4.52. The summed E-state index contributed by atoms with van der Waals surface area (Å²) in [4.78, 5) is 29.2. The van der Waals surface area contributed by atoms with Gasteiger partial charge in [0, 0.05) is 12.0 Å². The molecule has 0 amide bonds. The summed E-state index contributed by atoms with van der Waals surface area (Å²) >= 11 is 4.96. The molecule has 0 heterocycles. The average Bonchev–Trinajstić information content (AvgIpc) is 2.77. The van der Waals surface area contributed by atoms with E-state index in [4.69, 9.17) is 17.4 Å². The number of nitrogens with zero attached hydrogens (tertiary/aromatic N) is 1. The van der Waals surface area contributed by atoms with Crippen LogP contribution in [0.3, 0.4) is 0 Å². The molecule has 0 radical (unpaired) electrons. The Hall–Kier alpha value is -0.810. The van der Waals surface area contributed by atoms with Crippen LogP contribution in [0.25, 0.3) is 0 Å². The van der Waals surface area contributed by atoms with E-state index < -0.39 is 0 Å². The Labute approximate surface area is 225 Å². The maximum atomic E-state index is 13.8. The lowest BCUT2D eigenvalue weighted by molar-refractivity contribution is -0.174. The van der Waals surface area contributed by atoms with Crippen LogP contribution >= 0.6 is 12.6 Å². The number of methoxy groups -OCH3 is 1. The minimum Gasteiger partial charge on any atom is -0.469 e. The number of carbonyl (C=O) groups is 2. The molecule has 36 heavy (non-hydrogen) atoms. The monoisotopic (exact) mass is 517 g/mol. The van der Waals surface area contributed by atoms with Crippen molar-refractivity contribution in [3.63, 3.8) is 0 Å². The summed E-state index contributed by atoms with van der Waals surface area (Å²) in [5.41, 5.74) is 0.434. The first-order valence-corrected chi connectivity index (χ1v) is 14.8. The largest absolute Gasteiger partial charge is 0.469 e. The van der Waals surface area contributed by atoms with Gasteiger partial charge in [-0.15, -0.1) is 12.6 Å². The first kappa shape index (κ1) is 28.2. The van der Waals surface area contributed by atoms with E-state index in [9.17, 15) is 9.59 Å². The molecule has 204 valence electrons. The van der Waals surface area contributed by atoms with Crippen LogP contribution in [0.15, 0.2) is 11.0 Å². The average molecular weight is 518 g/mol. The number of hydrogen-bond acceptors (Lipinski definition) is 5. The van der Waals surface area contributed by atoms with Gasteiger partial charge in [-0.2, -0.15) is 0 Å². The van der Waals surface area contributed by atoms with E-state index in [1.54, 1.807) is 0 Å². The zero-order valence-electron chi connectivity index (χ0n) is 24.2. The fourth-order valence-electron chi connectivity index (χ4n) is 10.0. The van der Waals surface area contributed by atoms with E-state index in [0.29, 0.717) is 23.7 Å². The lowest BCUT2D eigenvalue weighted by atomic mass is 9.39. The van der Waals surface area contributed by atoms with Crippen molar-refractivity contribution in [1.29, 1.82) is 0 Å². The molecule has 0 N–H and O–H groups in total. The van der Waals surface area contributed by atoms with E-state index in [-0.39, 0.29) is 39.5 Å². The molecule has 3 fully saturated rings. The van der Waals surface area contributed by atoms with Crippen LogP contribution in [0, 0.1) is 45.3 Å². The highest BCUT2D eigenvalue weighted by molar-refractivity contribution is 7.84. The first-order chi connectivity index (χ1) is 16.7. The molecule has 0 saturated heterocycles. The van der Waals surface area contributed by atoms with Crippen molar-refractivity contribution in [3.05, 3.63) is 11.0 Å². The summed E-state index contributed by atoms with van der Waals surface area (Å²) in [5.74, 6) is 1.31. The van der Waals surface area contributed by atoms with Crippen LogP contribution in [-0.4, -0.2) is 43.9 Å². The Morgan fingerprint density at radius 3 is 2.19 bits per heavy atom. The maximum Gasteiger partial charge on any atom is 0.308 e. The highest BCUT2D eigenvalue weighted by Crippen LogP contribution is 2.68. The molecule has 4 rings (SSSR count). The molecule has 0 aromatic rings. The number of hydrogen-bond donors (Lipinski definition) is 1. The Morgan fingerprint density at radius 2 is 1.61 bits per heavy atom. The molecular formula is C31H51NO3S. The van der Waals surface area contributed by atoms with Gasteiger partial charge in [0.15, 0.2) is 5.78 Å². The predicted molar refractivity (Wildman–Crippen MR) is 150 cm³/mol. The normalized spacial score (nSPS) is 44.4. The summed E-state index contributed by atoms with van der Waals surface area (Å²) in [7, 11) is 5.94. The van der Waals surface area contributed by atoms with Gasteiger partial charge in [-0.3, -0.25) is 9.59 Å². The molecule has 4 aliphatic carbocycles. The SMILES string of the molecule is COC(=O)C1CCC(C)(CCC2C(S)=CC(=O)C3C2(C)CCC2C(C)(C)C(N(C)C)CC[C@@]23C)CC1. The van der Waals surface area contributed by atoms with E-state index in [1.807, 2.05) is 6.08 Å². The molecular weight excluding hydrogens is 466 g/mol. The van der Waals surface area contributed by atoms with Crippen molar-refractivity contribution in [3.8, 4) is 0 Å². The van der Waals surface area contributed by atoms with Gasteiger partial charge in [-0.05, 0) is 123 Å². The summed E-state index contributed by atoms with van der Waals surface area (Å²) in [5, 5.41) is 0. The number of rotatable bonds is 5. The smallest absolute Gasteiger partial charge is 0.308 e. The van der Waals surface area contributed by atoms with E-state index in [1.165, 1.54) is 13.5 Å². The molecule has 0 spiro atoms. The van der Waals surface area contributed by atoms with Gasteiger partial charge in [0.25, 0.3) is 0 Å². The Kier molecular flexibility index (Phi) is 7.63.